The lowest BCUT2D eigenvalue weighted by Gasteiger charge is -2.14. The van der Waals surface area contributed by atoms with Crippen LogP contribution in [0.3, 0.4) is 0 Å². The van der Waals surface area contributed by atoms with E-state index in [0.29, 0.717) is 37.2 Å². The van der Waals surface area contributed by atoms with Gasteiger partial charge < -0.3 is 19.6 Å². The fourth-order valence-electron chi connectivity index (χ4n) is 3.21. The maximum Gasteiger partial charge on any atom is 0.336 e. The van der Waals surface area contributed by atoms with E-state index in [1.807, 2.05) is 0 Å². The van der Waals surface area contributed by atoms with Crippen LogP contribution in [-0.2, 0) is 9.59 Å². The molecule has 3 aromatic rings. The molecule has 1 saturated heterocycles. The molecule has 1 aliphatic heterocycles. The van der Waals surface area contributed by atoms with E-state index < -0.39 is 5.63 Å². The fraction of sp³-hybridized carbons (Fsp3) is 0.130. The van der Waals surface area contributed by atoms with Crippen molar-refractivity contribution in [2.24, 2.45) is 0 Å². The van der Waals surface area contributed by atoms with Crippen LogP contribution in [0.1, 0.15) is 12.0 Å². The van der Waals surface area contributed by atoms with Crippen LogP contribution in [0.2, 0.25) is 0 Å². The fourth-order valence-corrected chi connectivity index (χ4v) is 4.52. The van der Waals surface area contributed by atoms with Crippen LogP contribution in [0, 0.1) is 0 Å². The number of amides is 2. The Hall–Kier alpha value is -3.63. The molecule has 33 heavy (non-hydrogen) atoms. The molecule has 0 radical (unpaired) electrons. The van der Waals surface area contributed by atoms with E-state index in [1.165, 1.54) is 24.1 Å². The molecule has 0 atom stereocenters. The molecule has 4 rings (SSSR count). The smallest absolute Gasteiger partial charge is 0.336 e. The third-order valence-electron chi connectivity index (χ3n) is 4.84. The van der Waals surface area contributed by atoms with Gasteiger partial charge in [-0.15, -0.1) is 0 Å². The van der Waals surface area contributed by atoms with E-state index in [0.717, 1.165) is 11.8 Å². The number of phenolic OH excluding ortho intramolecular Hbond substituents is 1. The van der Waals surface area contributed by atoms with Gasteiger partial charge in [-0.3, -0.25) is 14.5 Å². The first-order valence-electron chi connectivity index (χ1n) is 9.80. The van der Waals surface area contributed by atoms with Gasteiger partial charge in [0.2, 0.25) is 5.91 Å². The maximum absolute atomic E-state index is 12.8. The Kier molecular flexibility index (Phi) is 6.47. The highest BCUT2D eigenvalue weighted by Gasteiger charge is 2.32. The monoisotopic (exact) mass is 482 g/mol. The van der Waals surface area contributed by atoms with Crippen LogP contribution in [0.25, 0.3) is 17.0 Å². The molecule has 1 aromatic heterocycles. The largest absolute Gasteiger partial charge is 0.504 e. The molecule has 8 nitrogen and oxygen atoms in total. The van der Waals surface area contributed by atoms with Crippen molar-refractivity contribution in [2.75, 3.05) is 19.0 Å². The summed E-state index contributed by atoms with van der Waals surface area (Å²) < 4.78 is 10.5. The van der Waals surface area contributed by atoms with Crippen molar-refractivity contribution in [3.05, 3.63) is 69.4 Å². The Morgan fingerprint density at radius 1 is 1.21 bits per heavy atom. The highest BCUT2D eigenvalue weighted by atomic mass is 32.2. The first-order valence-corrected chi connectivity index (χ1v) is 11.0. The zero-order chi connectivity index (χ0) is 23.5. The molecule has 0 bridgehead atoms. The van der Waals surface area contributed by atoms with Crippen molar-refractivity contribution < 1.29 is 23.8 Å². The molecule has 10 heteroatoms. The van der Waals surface area contributed by atoms with Gasteiger partial charge in [0, 0.05) is 30.1 Å². The molecule has 2 heterocycles. The number of rotatable bonds is 6. The Balaban J connectivity index is 1.39. The van der Waals surface area contributed by atoms with Crippen LogP contribution in [-0.4, -0.2) is 39.8 Å². The Bertz CT molecular complexity index is 1360. The molecular weight excluding hydrogens is 464 g/mol. The number of thioether (sulfide) groups is 1. The first-order chi connectivity index (χ1) is 15.8. The molecule has 2 aromatic carbocycles. The second-order valence-electron chi connectivity index (χ2n) is 7.07. The number of nitrogens with zero attached hydrogens (tertiary/aromatic N) is 1. The number of benzene rings is 2. The number of hydrogen-bond donors (Lipinski definition) is 2. The third kappa shape index (κ3) is 5.07. The van der Waals surface area contributed by atoms with Crippen LogP contribution in [0.15, 0.2) is 62.6 Å². The van der Waals surface area contributed by atoms with Crippen molar-refractivity contribution >= 4 is 62.8 Å². The molecule has 1 fully saturated rings. The second-order valence-corrected chi connectivity index (χ2v) is 8.75. The van der Waals surface area contributed by atoms with Crippen LogP contribution in [0.4, 0.5) is 5.69 Å². The van der Waals surface area contributed by atoms with Gasteiger partial charge in [0.15, 0.2) is 11.5 Å². The van der Waals surface area contributed by atoms with E-state index in [4.69, 9.17) is 21.4 Å². The number of phenols is 1. The minimum absolute atomic E-state index is 0.00387. The number of carbonyl (C=O) groups is 2. The summed E-state index contributed by atoms with van der Waals surface area (Å²) in [4.78, 5) is 38.3. The van der Waals surface area contributed by atoms with Gasteiger partial charge in [-0.2, -0.15) is 0 Å². The second kappa shape index (κ2) is 9.47. The number of ether oxygens (including phenoxy) is 1. The molecule has 2 N–H and O–H groups in total. The van der Waals surface area contributed by atoms with E-state index in [9.17, 15) is 19.5 Å². The van der Waals surface area contributed by atoms with Gasteiger partial charge >= 0.3 is 5.63 Å². The summed E-state index contributed by atoms with van der Waals surface area (Å²) in [6.45, 7) is 0.134. The lowest BCUT2D eigenvalue weighted by atomic mass is 10.2. The number of nitrogens with one attached hydrogen (secondary N) is 1. The lowest BCUT2D eigenvalue weighted by Crippen LogP contribution is -2.31. The quantitative estimate of drug-likeness (QED) is 0.311. The van der Waals surface area contributed by atoms with Crippen molar-refractivity contribution in [3.8, 4) is 11.5 Å². The summed E-state index contributed by atoms with van der Waals surface area (Å²) in [5.41, 5.74) is 1.21. The van der Waals surface area contributed by atoms with E-state index in [-0.39, 0.29) is 30.5 Å². The van der Waals surface area contributed by atoms with Crippen LogP contribution < -0.4 is 15.7 Å². The number of anilines is 1. The zero-order valence-electron chi connectivity index (χ0n) is 17.4. The summed E-state index contributed by atoms with van der Waals surface area (Å²) >= 11 is 6.47. The highest BCUT2D eigenvalue weighted by Crippen LogP contribution is 2.34. The summed E-state index contributed by atoms with van der Waals surface area (Å²) in [5, 5.41) is 13.2. The average Bonchev–Trinajstić information content (AvgIpc) is 3.05. The van der Waals surface area contributed by atoms with Gasteiger partial charge in [-0.25, -0.2) is 4.79 Å². The van der Waals surface area contributed by atoms with E-state index in [2.05, 4.69) is 5.32 Å². The maximum atomic E-state index is 12.8. The van der Waals surface area contributed by atoms with Crippen molar-refractivity contribution in [1.29, 1.82) is 0 Å². The van der Waals surface area contributed by atoms with Crippen LogP contribution in [0.5, 0.6) is 11.5 Å². The number of aromatic hydroxyl groups is 1. The number of hydrogen-bond acceptors (Lipinski definition) is 8. The Morgan fingerprint density at radius 2 is 2.03 bits per heavy atom. The van der Waals surface area contributed by atoms with E-state index >= 15 is 0 Å². The summed E-state index contributed by atoms with van der Waals surface area (Å²) in [7, 11) is 1.44. The van der Waals surface area contributed by atoms with Gasteiger partial charge in [0.25, 0.3) is 5.91 Å². The Labute approximate surface area is 197 Å². The van der Waals surface area contributed by atoms with Crippen molar-refractivity contribution in [1.82, 2.24) is 4.90 Å². The molecule has 168 valence electrons. The van der Waals surface area contributed by atoms with Gasteiger partial charge in [-0.05, 0) is 48.0 Å². The molecule has 1 aliphatic rings. The minimum Gasteiger partial charge on any atom is -0.504 e. The van der Waals surface area contributed by atoms with Crippen LogP contribution >= 0.6 is 24.0 Å². The topological polar surface area (TPSA) is 109 Å². The van der Waals surface area contributed by atoms with Crippen molar-refractivity contribution in [2.45, 2.75) is 6.42 Å². The van der Waals surface area contributed by atoms with E-state index in [1.54, 1.807) is 42.5 Å². The molecule has 0 aliphatic carbocycles. The molecular formula is C23H18N2O6S2. The molecule has 0 saturated carbocycles. The average molecular weight is 483 g/mol. The van der Waals surface area contributed by atoms with Crippen molar-refractivity contribution in [3.63, 3.8) is 0 Å². The predicted octanol–water partition coefficient (Wildman–Crippen LogP) is 3.74. The first kappa shape index (κ1) is 22.6. The number of thiocarbonyl (C=S) groups is 1. The number of fused-ring (bicyclic) bond motifs is 1. The summed E-state index contributed by atoms with van der Waals surface area (Å²) in [6, 6.07) is 12.6. The van der Waals surface area contributed by atoms with Gasteiger partial charge in [0.05, 0.1) is 12.0 Å². The molecule has 0 unspecified atom stereocenters. The SMILES string of the molecule is COc1cc(/C=C2\SC(=S)N(CCC(=O)Nc3ccc4oc(=O)ccc4c3)C2=O)ccc1O. The lowest BCUT2D eigenvalue weighted by molar-refractivity contribution is -0.122. The predicted molar refractivity (Wildman–Crippen MR) is 130 cm³/mol. The Morgan fingerprint density at radius 3 is 2.82 bits per heavy atom. The number of methoxy groups -OCH3 is 1. The zero-order valence-corrected chi connectivity index (χ0v) is 19.0. The molecule has 2 amide bonds. The molecule has 0 spiro atoms. The number of carbonyl (C=O) groups excluding carboxylic acids is 2. The van der Waals surface area contributed by atoms with Gasteiger partial charge in [0.1, 0.15) is 9.90 Å². The standard InChI is InChI=1S/C23H18N2O6S2/c1-30-18-10-13(2-5-16(18)26)11-19-22(29)25(23(32)33-19)9-8-20(27)24-15-4-6-17-14(12-15)3-7-21(28)31-17/h2-7,10-12,26H,8-9H2,1H3,(H,24,27)/b19-11-. The van der Waals surface area contributed by atoms with Gasteiger partial charge in [-0.1, -0.05) is 30.0 Å². The highest BCUT2D eigenvalue weighted by molar-refractivity contribution is 8.26. The summed E-state index contributed by atoms with van der Waals surface area (Å²) in [5.74, 6) is -0.269. The third-order valence-corrected chi connectivity index (χ3v) is 6.22. The normalized spacial score (nSPS) is 14.8. The summed E-state index contributed by atoms with van der Waals surface area (Å²) in [6.07, 6.45) is 1.71. The minimum atomic E-state index is -0.443.